The van der Waals surface area contributed by atoms with Crippen LogP contribution in [0.2, 0.25) is 0 Å². The van der Waals surface area contributed by atoms with Gasteiger partial charge in [-0.1, -0.05) is 20.1 Å². The minimum absolute atomic E-state index is 0.0433. The molecule has 1 unspecified atom stereocenters. The molecule has 0 heterocycles. The van der Waals surface area contributed by atoms with E-state index in [1.807, 2.05) is 27.8 Å². The summed E-state index contributed by atoms with van der Waals surface area (Å²) in [4.78, 5) is 13.7. The van der Waals surface area contributed by atoms with Crippen LogP contribution in [0, 0.1) is 5.92 Å². The SMILES string of the molecule is C=PCCN(C)C(C)C(=O)C(C)C. The van der Waals surface area contributed by atoms with Gasteiger partial charge in [-0.05, 0) is 14.0 Å². The van der Waals surface area contributed by atoms with E-state index in [-0.39, 0.29) is 12.0 Å². The smallest absolute Gasteiger partial charge is 0.152 e. The monoisotopic (exact) mass is 201 g/mol. The fourth-order valence-electron chi connectivity index (χ4n) is 1.12. The van der Waals surface area contributed by atoms with Crippen LogP contribution < -0.4 is 0 Å². The molecule has 0 aliphatic rings. The van der Waals surface area contributed by atoms with Crippen LogP contribution in [0.3, 0.4) is 0 Å². The number of nitrogens with zero attached hydrogens (tertiary/aromatic N) is 1. The van der Waals surface area contributed by atoms with Crippen molar-refractivity contribution in [2.45, 2.75) is 26.8 Å². The molecule has 0 aliphatic heterocycles. The fourth-order valence-corrected chi connectivity index (χ4v) is 1.58. The first-order valence-electron chi connectivity index (χ1n) is 4.67. The Bertz CT molecular complexity index is 180. The molecule has 0 aromatic heterocycles. The van der Waals surface area contributed by atoms with Crippen molar-refractivity contribution in [1.82, 2.24) is 4.90 Å². The molecule has 0 fully saturated rings. The summed E-state index contributed by atoms with van der Waals surface area (Å²) < 4.78 is 0. The molecule has 0 aromatic carbocycles. The maximum atomic E-state index is 11.6. The van der Waals surface area contributed by atoms with Gasteiger partial charge in [0.1, 0.15) is 0 Å². The van der Waals surface area contributed by atoms with Crippen molar-refractivity contribution >= 4 is 20.3 Å². The molecule has 0 saturated heterocycles. The maximum absolute atomic E-state index is 11.6. The van der Waals surface area contributed by atoms with E-state index < -0.39 is 0 Å². The van der Waals surface area contributed by atoms with Gasteiger partial charge in [0.05, 0.1) is 6.04 Å². The van der Waals surface area contributed by atoms with Crippen molar-refractivity contribution < 1.29 is 4.79 Å². The Labute approximate surface area is 83.1 Å². The van der Waals surface area contributed by atoms with Gasteiger partial charge in [-0.3, -0.25) is 9.69 Å². The van der Waals surface area contributed by atoms with Crippen molar-refractivity contribution in [2.75, 3.05) is 19.8 Å². The minimum atomic E-state index is 0.0433. The lowest BCUT2D eigenvalue weighted by atomic mass is 10.0. The molecular formula is C10H20NOP. The Morgan fingerprint density at radius 2 is 2.00 bits per heavy atom. The van der Waals surface area contributed by atoms with E-state index in [0.717, 1.165) is 20.9 Å². The standard InChI is InChI=1S/C10H20NOP/c1-8(2)10(12)9(3)11(4)6-7-13-5/h8-9H,5-7H2,1-4H3. The molecule has 0 bridgehead atoms. The van der Waals surface area contributed by atoms with Crippen LogP contribution in [-0.2, 0) is 4.79 Å². The molecular weight excluding hydrogens is 181 g/mol. The first-order valence-corrected chi connectivity index (χ1v) is 5.93. The lowest BCUT2D eigenvalue weighted by Gasteiger charge is -2.24. The molecule has 0 rings (SSSR count). The van der Waals surface area contributed by atoms with Crippen molar-refractivity contribution in [3.8, 4) is 0 Å². The summed E-state index contributed by atoms with van der Waals surface area (Å²) in [5.41, 5.74) is 0. The van der Waals surface area contributed by atoms with Crippen molar-refractivity contribution in [2.24, 2.45) is 5.92 Å². The Morgan fingerprint density at radius 3 is 2.38 bits per heavy atom. The second-order valence-electron chi connectivity index (χ2n) is 3.66. The maximum Gasteiger partial charge on any atom is 0.152 e. The molecule has 2 nitrogen and oxygen atoms in total. The second-order valence-corrected chi connectivity index (χ2v) is 4.56. The molecule has 0 N–H and O–H groups in total. The normalized spacial score (nSPS) is 14.0. The summed E-state index contributed by atoms with van der Waals surface area (Å²) in [5, 5.41) is 0. The van der Waals surface area contributed by atoms with Crippen LogP contribution in [0.25, 0.3) is 0 Å². The van der Waals surface area contributed by atoms with Gasteiger partial charge in [0.25, 0.3) is 0 Å². The van der Waals surface area contributed by atoms with Gasteiger partial charge < -0.3 is 0 Å². The number of carbonyl (C=O) groups excluding carboxylic acids is 1. The highest BCUT2D eigenvalue weighted by Gasteiger charge is 2.19. The van der Waals surface area contributed by atoms with Gasteiger partial charge in [0.2, 0.25) is 0 Å². The first-order chi connectivity index (χ1) is 6.00. The molecule has 0 saturated carbocycles. The highest BCUT2D eigenvalue weighted by atomic mass is 31.1. The first kappa shape index (κ1) is 12.8. The number of ketones is 1. The molecule has 0 aromatic rings. The largest absolute Gasteiger partial charge is 0.298 e. The zero-order valence-electron chi connectivity index (χ0n) is 9.08. The minimum Gasteiger partial charge on any atom is -0.298 e. The Morgan fingerprint density at radius 1 is 1.46 bits per heavy atom. The topological polar surface area (TPSA) is 20.3 Å². The third-order valence-electron chi connectivity index (χ3n) is 2.25. The quantitative estimate of drug-likeness (QED) is 0.612. The van der Waals surface area contributed by atoms with E-state index in [1.54, 1.807) is 0 Å². The third kappa shape index (κ3) is 4.54. The van der Waals surface area contributed by atoms with E-state index in [1.165, 1.54) is 0 Å². The van der Waals surface area contributed by atoms with E-state index in [4.69, 9.17) is 0 Å². The highest BCUT2D eigenvalue weighted by Crippen LogP contribution is 2.06. The van der Waals surface area contributed by atoms with Crippen LogP contribution in [0.15, 0.2) is 0 Å². The van der Waals surface area contributed by atoms with E-state index in [0.29, 0.717) is 5.78 Å². The second kappa shape index (κ2) is 6.28. The molecule has 0 amide bonds. The van der Waals surface area contributed by atoms with Crippen molar-refractivity contribution in [1.29, 1.82) is 0 Å². The van der Waals surface area contributed by atoms with Gasteiger partial charge in [0, 0.05) is 18.6 Å². The molecule has 0 spiro atoms. The Kier molecular flexibility index (Phi) is 6.19. The number of likely N-dealkylation sites (N-methyl/N-ethyl adjacent to an activating group) is 1. The molecule has 0 radical (unpaired) electrons. The third-order valence-corrected chi connectivity index (χ3v) is 2.77. The summed E-state index contributed by atoms with van der Waals surface area (Å²) in [6, 6.07) is 0.0433. The molecule has 13 heavy (non-hydrogen) atoms. The van der Waals surface area contributed by atoms with Crippen LogP contribution >= 0.6 is 8.20 Å². The number of carbonyl (C=O) groups is 1. The number of Topliss-reactive ketones (excluding diaryl/α,β-unsaturated/α-hetero) is 1. The van der Waals surface area contributed by atoms with Crippen LogP contribution in [0.4, 0.5) is 0 Å². The molecule has 3 heteroatoms. The van der Waals surface area contributed by atoms with Gasteiger partial charge in [0.15, 0.2) is 5.78 Å². The predicted molar refractivity (Wildman–Crippen MR) is 60.8 cm³/mol. The predicted octanol–water partition coefficient (Wildman–Crippen LogP) is 1.91. The van der Waals surface area contributed by atoms with Crippen LogP contribution in [-0.4, -0.2) is 42.8 Å². The van der Waals surface area contributed by atoms with Crippen LogP contribution in [0.5, 0.6) is 0 Å². The van der Waals surface area contributed by atoms with Gasteiger partial charge in [-0.2, -0.15) is 0 Å². The summed E-state index contributed by atoms with van der Waals surface area (Å²) in [7, 11) is 3.14. The van der Waals surface area contributed by atoms with Gasteiger partial charge in [-0.15, -0.1) is 8.20 Å². The van der Waals surface area contributed by atoms with Gasteiger partial charge >= 0.3 is 0 Å². The lowest BCUT2D eigenvalue weighted by molar-refractivity contribution is -0.126. The van der Waals surface area contributed by atoms with Crippen molar-refractivity contribution in [3.63, 3.8) is 0 Å². The molecule has 1 atom stereocenters. The Hall–Kier alpha value is -0.200. The van der Waals surface area contributed by atoms with Crippen molar-refractivity contribution in [3.05, 3.63) is 0 Å². The van der Waals surface area contributed by atoms with E-state index in [2.05, 4.69) is 11.2 Å². The van der Waals surface area contributed by atoms with E-state index >= 15 is 0 Å². The average molecular weight is 201 g/mol. The molecule has 76 valence electrons. The highest BCUT2D eigenvalue weighted by molar-refractivity contribution is 7.36. The van der Waals surface area contributed by atoms with Crippen LogP contribution in [0.1, 0.15) is 20.8 Å². The number of hydrogen-bond acceptors (Lipinski definition) is 2. The summed E-state index contributed by atoms with van der Waals surface area (Å²) in [6.45, 7) is 6.82. The van der Waals surface area contributed by atoms with Gasteiger partial charge in [-0.25, -0.2) is 0 Å². The molecule has 0 aliphatic carbocycles. The fraction of sp³-hybridized carbons (Fsp3) is 0.800. The zero-order valence-corrected chi connectivity index (χ0v) is 9.97. The number of rotatable bonds is 6. The summed E-state index contributed by atoms with van der Waals surface area (Å²) in [6.07, 6.45) is 4.79. The Balaban J connectivity index is 4.00. The lowest BCUT2D eigenvalue weighted by Crippen LogP contribution is -2.39. The summed E-state index contributed by atoms with van der Waals surface area (Å²) >= 11 is 0. The zero-order chi connectivity index (χ0) is 10.4. The summed E-state index contributed by atoms with van der Waals surface area (Å²) in [5.74, 6) is 0.456. The average Bonchev–Trinajstić information content (AvgIpc) is 2.11. The van der Waals surface area contributed by atoms with E-state index in [9.17, 15) is 4.79 Å². The number of hydrogen-bond donors (Lipinski definition) is 0.